The lowest BCUT2D eigenvalue weighted by Gasteiger charge is -2.37. The van der Waals surface area contributed by atoms with Gasteiger partial charge in [-0.2, -0.15) is 0 Å². The number of hydrogen-bond acceptors (Lipinski definition) is 6. The van der Waals surface area contributed by atoms with Gasteiger partial charge in [-0.1, -0.05) is 17.4 Å². The van der Waals surface area contributed by atoms with Crippen molar-refractivity contribution in [3.05, 3.63) is 17.7 Å². The average Bonchev–Trinajstić information content (AvgIpc) is 3.16. The summed E-state index contributed by atoms with van der Waals surface area (Å²) in [6.45, 7) is 3.42. The Morgan fingerprint density at radius 3 is 2.67 bits per heavy atom. The van der Waals surface area contributed by atoms with Gasteiger partial charge in [0.25, 0.3) is 0 Å². The average molecular weight is 434 g/mol. The highest BCUT2D eigenvalue weighted by atomic mass is 32.1. The zero-order chi connectivity index (χ0) is 21.3. The van der Waals surface area contributed by atoms with Crippen molar-refractivity contribution in [3.63, 3.8) is 0 Å². The Labute approximate surface area is 181 Å². The summed E-state index contributed by atoms with van der Waals surface area (Å²) < 4.78 is 12.1. The highest BCUT2D eigenvalue weighted by molar-refractivity contribution is 7.22. The number of methoxy groups -OCH3 is 1. The molecule has 1 saturated heterocycles. The van der Waals surface area contributed by atoms with Crippen LogP contribution in [0.5, 0.6) is 5.75 Å². The molecule has 0 spiro atoms. The minimum absolute atomic E-state index is 0.131. The van der Waals surface area contributed by atoms with Crippen LogP contribution in [-0.2, 0) is 4.74 Å². The molecule has 1 aliphatic carbocycles. The van der Waals surface area contributed by atoms with E-state index in [-0.39, 0.29) is 12.1 Å². The molecule has 2 aliphatic rings. The SMILES string of the molecule is COc1ccc(C2CCOCC2)c2sc(NC(=O)N(C)C3CCC(C)(O)CC3)nc12. The first kappa shape index (κ1) is 21.3. The smallest absolute Gasteiger partial charge is 0.323 e. The van der Waals surface area contributed by atoms with E-state index >= 15 is 0 Å². The highest BCUT2D eigenvalue weighted by Crippen LogP contribution is 2.41. The fourth-order valence-electron chi connectivity index (χ4n) is 4.51. The topological polar surface area (TPSA) is 83.9 Å². The van der Waals surface area contributed by atoms with Gasteiger partial charge in [-0.3, -0.25) is 5.32 Å². The predicted molar refractivity (Wildman–Crippen MR) is 119 cm³/mol. The first-order valence-electron chi connectivity index (χ1n) is 10.7. The Bertz CT molecular complexity index is 897. The first-order valence-corrected chi connectivity index (χ1v) is 11.5. The lowest BCUT2D eigenvalue weighted by atomic mass is 9.83. The van der Waals surface area contributed by atoms with E-state index in [0.29, 0.717) is 23.9 Å². The van der Waals surface area contributed by atoms with Gasteiger partial charge in [0.1, 0.15) is 11.3 Å². The summed E-state index contributed by atoms with van der Waals surface area (Å²) >= 11 is 1.51. The van der Waals surface area contributed by atoms with Crippen LogP contribution in [0, 0.1) is 0 Å². The number of nitrogens with one attached hydrogen (secondary N) is 1. The van der Waals surface area contributed by atoms with Crippen LogP contribution in [0.25, 0.3) is 10.2 Å². The maximum absolute atomic E-state index is 12.9. The van der Waals surface area contributed by atoms with Gasteiger partial charge in [0.15, 0.2) is 5.13 Å². The third kappa shape index (κ3) is 4.40. The second kappa shape index (κ2) is 8.69. The van der Waals surface area contributed by atoms with Crippen molar-refractivity contribution >= 4 is 32.7 Å². The summed E-state index contributed by atoms with van der Waals surface area (Å²) in [5, 5.41) is 13.7. The number of fused-ring (bicyclic) bond motifs is 1. The van der Waals surface area contributed by atoms with Crippen molar-refractivity contribution in [2.24, 2.45) is 0 Å². The van der Waals surface area contributed by atoms with Crippen LogP contribution in [0.2, 0.25) is 0 Å². The minimum atomic E-state index is -0.613. The van der Waals surface area contributed by atoms with Crippen molar-refractivity contribution in [1.29, 1.82) is 0 Å². The Hall–Kier alpha value is -1.90. The molecule has 1 aromatic carbocycles. The molecule has 2 N–H and O–H groups in total. The molecule has 2 aromatic rings. The van der Waals surface area contributed by atoms with Crippen molar-refractivity contribution in [1.82, 2.24) is 9.88 Å². The molecule has 2 fully saturated rings. The molecule has 7 nitrogen and oxygen atoms in total. The van der Waals surface area contributed by atoms with E-state index in [1.54, 1.807) is 12.0 Å². The number of hydrogen-bond donors (Lipinski definition) is 2. The summed E-state index contributed by atoms with van der Waals surface area (Å²) in [7, 11) is 3.47. The van der Waals surface area contributed by atoms with Gasteiger partial charge in [0.05, 0.1) is 17.4 Å². The Morgan fingerprint density at radius 2 is 2.00 bits per heavy atom. The molecule has 0 radical (unpaired) electrons. The molecule has 4 rings (SSSR count). The zero-order valence-electron chi connectivity index (χ0n) is 17.9. The van der Waals surface area contributed by atoms with Gasteiger partial charge in [-0.25, -0.2) is 9.78 Å². The van der Waals surface area contributed by atoms with Crippen molar-refractivity contribution in [2.75, 3.05) is 32.7 Å². The summed E-state index contributed by atoms with van der Waals surface area (Å²) in [4.78, 5) is 19.3. The molecule has 2 heterocycles. The van der Waals surface area contributed by atoms with Crippen LogP contribution in [0.1, 0.15) is 56.9 Å². The third-order valence-corrected chi connectivity index (χ3v) is 7.55. The quantitative estimate of drug-likeness (QED) is 0.749. The second-order valence-electron chi connectivity index (χ2n) is 8.71. The summed E-state index contributed by atoms with van der Waals surface area (Å²) in [5.74, 6) is 1.16. The van der Waals surface area contributed by atoms with Crippen LogP contribution >= 0.6 is 11.3 Å². The molecule has 0 bridgehead atoms. The van der Waals surface area contributed by atoms with E-state index in [1.165, 1.54) is 16.9 Å². The van der Waals surface area contributed by atoms with Gasteiger partial charge >= 0.3 is 6.03 Å². The number of carbonyl (C=O) groups excluding carboxylic acids is 1. The number of anilines is 1. The zero-order valence-corrected chi connectivity index (χ0v) is 18.8. The maximum Gasteiger partial charge on any atom is 0.323 e. The Balaban J connectivity index is 1.53. The number of benzene rings is 1. The van der Waals surface area contributed by atoms with Crippen molar-refractivity contribution < 1.29 is 19.4 Å². The first-order chi connectivity index (χ1) is 14.4. The standard InChI is InChI=1S/C22H31N3O4S/c1-22(27)10-6-15(7-11-22)25(2)21(26)24-20-23-18-17(28-3)5-4-16(19(18)30-20)14-8-12-29-13-9-14/h4-5,14-15,27H,6-13H2,1-3H3,(H,23,24,26). The number of ether oxygens (including phenoxy) is 2. The van der Waals surface area contributed by atoms with Crippen molar-refractivity contribution in [3.8, 4) is 5.75 Å². The van der Waals surface area contributed by atoms with Crippen LogP contribution < -0.4 is 10.1 Å². The van der Waals surface area contributed by atoms with Crippen LogP contribution in [0.15, 0.2) is 12.1 Å². The van der Waals surface area contributed by atoms with Gasteiger partial charge < -0.3 is 19.5 Å². The normalized spacial score (nSPS) is 25.3. The fraction of sp³-hybridized carbons (Fsp3) is 0.636. The van der Waals surface area contributed by atoms with E-state index < -0.39 is 5.60 Å². The number of rotatable bonds is 4. The molecule has 30 heavy (non-hydrogen) atoms. The fourth-order valence-corrected chi connectivity index (χ4v) is 5.57. The summed E-state index contributed by atoms with van der Waals surface area (Å²) in [6, 6.07) is 4.07. The summed E-state index contributed by atoms with van der Waals surface area (Å²) in [6.07, 6.45) is 5.02. The number of aromatic nitrogens is 1. The van der Waals surface area contributed by atoms with Gasteiger partial charge in [-0.15, -0.1) is 0 Å². The molecule has 8 heteroatoms. The lowest BCUT2D eigenvalue weighted by molar-refractivity contribution is 0.00419. The third-order valence-electron chi connectivity index (χ3n) is 6.53. The minimum Gasteiger partial charge on any atom is -0.494 e. The molecule has 2 amide bonds. The van der Waals surface area contributed by atoms with E-state index in [1.807, 2.05) is 20.0 Å². The molecular formula is C22H31N3O4S. The van der Waals surface area contributed by atoms with Crippen molar-refractivity contribution in [2.45, 2.75) is 63.0 Å². The number of amides is 2. The number of aliphatic hydroxyl groups is 1. The molecule has 1 aliphatic heterocycles. The van der Waals surface area contributed by atoms with E-state index in [4.69, 9.17) is 14.5 Å². The van der Waals surface area contributed by atoms with Crippen LogP contribution in [-0.4, -0.2) is 60.0 Å². The molecule has 0 atom stereocenters. The molecular weight excluding hydrogens is 402 g/mol. The van der Waals surface area contributed by atoms with E-state index in [0.717, 1.165) is 54.9 Å². The Kier molecular flexibility index (Phi) is 6.18. The maximum atomic E-state index is 12.9. The number of carbonyl (C=O) groups is 1. The largest absolute Gasteiger partial charge is 0.494 e. The van der Waals surface area contributed by atoms with Gasteiger partial charge in [0, 0.05) is 26.3 Å². The molecule has 0 unspecified atom stereocenters. The predicted octanol–water partition coefficient (Wildman–Crippen LogP) is 4.36. The van der Waals surface area contributed by atoms with E-state index in [9.17, 15) is 9.90 Å². The number of nitrogens with zero attached hydrogens (tertiary/aromatic N) is 2. The summed E-state index contributed by atoms with van der Waals surface area (Å²) in [5.41, 5.74) is 1.45. The number of urea groups is 1. The Morgan fingerprint density at radius 1 is 1.30 bits per heavy atom. The lowest BCUT2D eigenvalue weighted by Crippen LogP contribution is -2.44. The monoisotopic (exact) mass is 433 g/mol. The molecule has 1 saturated carbocycles. The van der Waals surface area contributed by atoms with E-state index in [2.05, 4.69) is 11.4 Å². The highest BCUT2D eigenvalue weighted by Gasteiger charge is 2.32. The number of thiazole rings is 1. The molecule has 1 aromatic heterocycles. The van der Waals surface area contributed by atoms with Crippen LogP contribution in [0.4, 0.5) is 9.93 Å². The van der Waals surface area contributed by atoms with Crippen LogP contribution in [0.3, 0.4) is 0 Å². The van der Waals surface area contributed by atoms with Gasteiger partial charge in [-0.05, 0) is 63.0 Å². The second-order valence-corrected chi connectivity index (χ2v) is 9.71. The van der Waals surface area contributed by atoms with Gasteiger partial charge in [0.2, 0.25) is 0 Å². The molecule has 164 valence electrons.